The van der Waals surface area contributed by atoms with Crippen LogP contribution in [0, 0.1) is 5.82 Å². The van der Waals surface area contributed by atoms with Crippen LogP contribution < -0.4 is 9.46 Å². The molecule has 2 aromatic carbocycles. The van der Waals surface area contributed by atoms with Gasteiger partial charge in [0.05, 0.1) is 23.6 Å². The highest BCUT2D eigenvalue weighted by atomic mass is 32.2. The van der Waals surface area contributed by atoms with Gasteiger partial charge in [-0.1, -0.05) is 5.16 Å². The van der Waals surface area contributed by atoms with Gasteiger partial charge in [-0.2, -0.15) is 0 Å². The lowest BCUT2D eigenvalue weighted by atomic mass is 10.0. The third kappa shape index (κ3) is 4.28. The zero-order chi connectivity index (χ0) is 21.2. The van der Waals surface area contributed by atoms with E-state index in [0.29, 0.717) is 11.3 Å². The van der Waals surface area contributed by atoms with Crippen LogP contribution in [-0.2, 0) is 10.0 Å². The molecule has 0 amide bonds. The number of methoxy groups -OCH3 is 1. The van der Waals surface area contributed by atoms with Crippen LogP contribution in [0.25, 0.3) is 11.3 Å². The summed E-state index contributed by atoms with van der Waals surface area (Å²) in [5.41, 5.74) is 0.515. The summed E-state index contributed by atoms with van der Waals surface area (Å²) in [7, 11) is -2.53. The predicted octanol–water partition coefficient (Wildman–Crippen LogP) is 3.23. The van der Waals surface area contributed by atoms with Crippen molar-refractivity contribution in [2.75, 3.05) is 7.11 Å². The fourth-order valence-corrected chi connectivity index (χ4v) is 4.00. The molecule has 0 radical (unpaired) electrons. The third-order valence-corrected chi connectivity index (χ3v) is 5.73. The molecule has 1 aromatic heterocycles. The molecule has 8 nitrogen and oxygen atoms in total. The molecule has 0 aliphatic rings. The van der Waals surface area contributed by atoms with E-state index in [1.165, 1.54) is 62.6 Å². The van der Waals surface area contributed by atoms with Crippen molar-refractivity contribution in [3.05, 3.63) is 65.7 Å². The quantitative estimate of drug-likeness (QED) is 0.602. The first-order valence-corrected chi connectivity index (χ1v) is 9.86. The van der Waals surface area contributed by atoms with Crippen molar-refractivity contribution in [3.63, 3.8) is 0 Å². The summed E-state index contributed by atoms with van der Waals surface area (Å²) in [5, 5.41) is 13.2. The van der Waals surface area contributed by atoms with Crippen LogP contribution in [0.15, 0.2) is 57.9 Å². The smallest absolute Gasteiger partial charge is 0.375 e. The number of nitrogens with one attached hydrogen (secondary N) is 1. The Balaban J connectivity index is 1.99. The van der Waals surface area contributed by atoms with E-state index in [1.54, 1.807) is 0 Å². The van der Waals surface area contributed by atoms with Gasteiger partial charge in [0.2, 0.25) is 15.8 Å². The highest BCUT2D eigenvalue weighted by Gasteiger charge is 2.30. The first kappa shape index (κ1) is 20.5. The van der Waals surface area contributed by atoms with Crippen LogP contribution in [0.2, 0.25) is 0 Å². The summed E-state index contributed by atoms with van der Waals surface area (Å²) in [5.74, 6) is -1.90. The molecule has 3 rings (SSSR count). The van der Waals surface area contributed by atoms with Crippen LogP contribution in [0.3, 0.4) is 0 Å². The van der Waals surface area contributed by atoms with Gasteiger partial charge < -0.3 is 14.4 Å². The lowest BCUT2D eigenvalue weighted by molar-refractivity contribution is 0.0649. The van der Waals surface area contributed by atoms with Crippen LogP contribution >= 0.6 is 0 Å². The van der Waals surface area contributed by atoms with Crippen molar-refractivity contribution in [1.29, 1.82) is 0 Å². The number of halogens is 1. The van der Waals surface area contributed by atoms with Crippen LogP contribution in [0.1, 0.15) is 29.1 Å². The van der Waals surface area contributed by atoms with Crippen molar-refractivity contribution in [1.82, 2.24) is 9.88 Å². The van der Waals surface area contributed by atoms with E-state index in [1.807, 2.05) is 0 Å². The predicted molar refractivity (Wildman–Crippen MR) is 101 cm³/mol. The minimum Gasteiger partial charge on any atom is -0.497 e. The van der Waals surface area contributed by atoms with E-state index >= 15 is 0 Å². The summed E-state index contributed by atoms with van der Waals surface area (Å²) >= 11 is 0. The lowest BCUT2D eigenvalue weighted by Gasteiger charge is -2.15. The number of carbonyl (C=O) groups is 1. The second-order valence-electron chi connectivity index (χ2n) is 6.10. The standard InChI is InChI=1S/C19H17FN2O6S/c1-11(22-29(25,26)15-9-7-14(27-2)8-10-15)16-17(21-28-18(16)19(23)24)12-3-5-13(20)6-4-12/h3-11,22H,1-2H3,(H,23,24). The van der Waals surface area contributed by atoms with Crippen molar-refractivity contribution >= 4 is 16.0 Å². The molecular weight excluding hydrogens is 403 g/mol. The lowest BCUT2D eigenvalue weighted by Crippen LogP contribution is -2.28. The fraction of sp³-hybridized carbons (Fsp3) is 0.158. The van der Waals surface area contributed by atoms with Crippen molar-refractivity contribution in [2.45, 2.75) is 17.9 Å². The monoisotopic (exact) mass is 420 g/mol. The Morgan fingerprint density at radius 3 is 2.34 bits per heavy atom. The van der Waals surface area contributed by atoms with Gasteiger partial charge in [-0.15, -0.1) is 0 Å². The molecule has 0 bridgehead atoms. The SMILES string of the molecule is COc1ccc(S(=O)(=O)NC(C)c2c(-c3ccc(F)cc3)noc2C(=O)O)cc1. The minimum atomic E-state index is -3.99. The topological polar surface area (TPSA) is 119 Å². The average molecular weight is 420 g/mol. The summed E-state index contributed by atoms with van der Waals surface area (Å²) in [4.78, 5) is 11.5. The molecule has 0 spiro atoms. The Bertz CT molecular complexity index is 1120. The molecule has 29 heavy (non-hydrogen) atoms. The van der Waals surface area contributed by atoms with Gasteiger partial charge in [-0.05, 0) is 55.5 Å². The molecule has 1 atom stereocenters. The molecule has 0 aliphatic heterocycles. The number of rotatable bonds is 7. The molecule has 1 heterocycles. The number of aromatic nitrogens is 1. The zero-order valence-corrected chi connectivity index (χ0v) is 16.2. The Kier molecular flexibility index (Phi) is 5.66. The Labute approximate surface area is 166 Å². The molecule has 0 saturated carbocycles. The molecular formula is C19H17FN2O6S. The number of hydrogen-bond acceptors (Lipinski definition) is 6. The van der Waals surface area contributed by atoms with Crippen molar-refractivity contribution < 1.29 is 32.0 Å². The molecule has 152 valence electrons. The molecule has 1 unspecified atom stereocenters. The van der Waals surface area contributed by atoms with E-state index in [4.69, 9.17) is 9.26 Å². The van der Waals surface area contributed by atoms with Gasteiger partial charge in [0.25, 0.3) is 0 Å². The van der Waals surface area contributed by atoms with Gasteiger partial charge in [-0.25, -0.2) is 22.3 Å². The fourth-order valence-electron chi connectivity index (χ4n) is 2.78. The number of carboxylic acid groups (broad SMARTS) is 1. The molecule has 2 N–H and O–H groups in total. The minimum absolute atomic E-state index is 0.0261. The van der Waals surface area contributed by atoms with Crippen LogP contribution in [0.4, 0.5) is 4.39 Å². The van der Waals surface area contributed by atoms with Gasteiger partial charge >= 0.3 is 5.97 Å². The van der Waals surface area contributed by atoms with Crippen LogP contribution in [-0.4, -0.2) is 31.8 Å². The van der Waals surface area contributed by atoms with E-state index in [-0.39, 0.29) is 16.2 Å². The average Bonchev–Trinajstić information content (AvgIpc) is 3.14. The van der Waals surface area contributed by atoms with E-state index in [0.717, 1.165) is 0 Å². The second-order valence-corrected chi connectivity index (χ2v) is 7.82. The summed E-state index contributed by atoms with van der Waals surface area (Å²) in [6.45, 7) is 1.47. The van der Waals surface area contributed by atoms with Gasteiger partial charge in [0, 0.05) is 5.56 Å². The van der Waals surface area contributed by atoms with Crippen molar-refractivity contribution in [3.8, 4) is 17.0 Å². The van der Waals surface area contributed by atoms with E-state index in [2.05, 4.69) is 9.88 Å². The van der Waals surface area contributed by atoms with E-state index in [9.17, 15) is 22.7 Å². The molecule has 0 saturated heterocycles. The number of sulfonamides is 1. The number of nitrogens with zero attached hydrogens (tertiary/aromatic N) is 1. The molecule has 0 aliphatic carbocycles. The highest BCUT2D eigenvalue weighted by Crippen LogP contribution is 2.32. The zero-order valence-electron chi connectivity index (χ0n) is 15.4. The summed E-state index contributed by atoms with van der Waals surface area (Å²) in [6, 6.07) is 9.86. The Morgan fingerprint density at radius 2 is 1.79 bits per heavy atom. The maximum atomic E-state index is 13.2. The maximum Gasteiger partial charge on any atom is 0.375 e. The summed E-state index contributed by atoms with van der Waals surface area (Å²) in [6.07, 6.45) is 0. The molecule has 3 aromatic rings. The van der Waals surface area contributed by atoms with Gasteiger partial charge in [0.1, 0.15) is 17.3 Å². The normalized spacial score (nSPS) is 12.5. The number of aromatic carboxylic acids is 1. The molecule has 0 fully saturated rings. The third-order valence-electron chi connectivity index (χ3n) is 4.17. The Morgan fingerprint density at radius 1 is 1.17 bits per heavy atom. The first-order chi connectivity index (χ1) is 13.7. The maximum absolute atomic E-state index is 13.2. The number of ether oxygens (including phenoxy) is 1. The van der Waals surface area contributed by atoms with Gasteiger partial charge in [0.15, 0.2) is 0 Å². The Hall–Kier alpha value is -3.24. The highest BCUT2D eigenvalue weighted by molar-refractivity contribution is 7.89. The first-order valence-electron chi connectivity index (χ1n) is 8.38. The van der Waals surface area contributed by atoms with Gasteiger partial charge in [-0.3, -0.25) is 0 Å². The van der Waals surface area contributed by atoms with Crippen LogP contribution in [0.5, 0.6) is 5.75 Å². The summed E-state index contributed by atoms with van der Waals surface area (Å²) < 4.78 is 51.0. The van der Waals surface area contributed by atoms with E-state index < -0.39 is 33.6 Å². The van der Waals surface area contributed by atoms with Crippen molar-refractivity contribution in [2.24, 2.45) is 0 Å². The second kappa shape index (κ2) is 8.02. The largest absolute Gasteiger partial charge is 0.497 e. The number of benzene rings is 2. The molecule has 10 heteroatoms. The number of hydrogen-bond donors (Lipinski definition) is 2. The number of carboxylic acids is 1.